The number of fused-ring (bicyclic) bond motifs is 1. The summed E-state index contributed by atoms with van der Waals surface area (Å²) in [5.41, 5.74) is 1.03. The van der Waals surface area contributed by atoms with Crippen molar-refractivity contribution in [3.8, 4) is 0 Å². The molecule has 10 heteroatoms. The predicted octanol–water partition coefficient (Wildman–Crippen LogP) is 2.50. The van der Waals surface area contributed by atoms with Crippen LogP contribution in [0.15, 0.2) is 42.4 Å². The van der Waals surface area contributed by atoms with E-state index in [1.165, 1.54) is 0 Å². The summed E-state index contributed by atoms with van der Waals surface area (Å²) in [6.45, 7) is 0.126. The van der Waals surface area contributed by atoms with Crippen molar-refractivity contribution in [1.29, 1.82) is 0 Å². The van der Waals surface area contributed by atoms with Crippen molar-refractivity contribution in [2.45, 2.75) is 37.7 Å². The summed E-state index contributed by atoms with van der Waals surface area (Å²) in [6.07, 6.45) is -0.992. The zero-order valence-electron chi connectivity index (χ0n) is 14.9. The Balaban J connectivity index is 1.35. The van der Waals surface area contributed by atoms with Crippen molar-refractivity contribution in [3.63, 3.8) is 0 Å². The predicted molar refractivity (Wildman–Crippen MR) is 93.5 cm³/mol. The number of carbonyl (C=O) groups excluding carboxylic acids is 2. The number of phosphoric acid groups is 1. The van der Waals surface area contributed by atoms with Crippen LogP contribution in [-0.4, -0.2) is 48.2 Å². The van der Waals surface area contributed by atoms with Crippen molar-refractivity contribution in [2.24, 2.45) is 0 Å². The van der Waals surface area contributed by atoms with E-state index in [9.17, 15) is 18.5 Å². The molecule has 1 aromatic rings. The van der Waals surface area contributed by atoms with Crippen LogP contribution in [0.1, 0.15) is 18.4 Å². The van der Waals surface area contributed by atoms with E-state index in [2.05, 4.69) is 0 Å². The number of carbonyl (C=O) groups is 2. The number of rotatable bonds is 5. The summed E-state index contributed by atoms with van der Waals surface area (Å²) in [7, 11) is -3.75. The largest absolute Gasteiger partial charge is 0.475 e. The maximum absolute atomic E-state index is 13.6. The summed E-state index contributed by atoms with van der Waals surface area (Å²) in [6, 6.07) is 9.57. The van der Waals surface area contributed by atoms with Crippen molar-refractivity contribution in [2.75, 3.05) is 13.2 Å². The Labute approximate surface area is 160 Å². The monoisotopic (exact) mass is 411 g/mol. The molecule has 0 radical (unpaired) electrons. The molecule has 0 N–H and O–H groups in total. The lowest BCUT2D eigenvalue weighted by atomic mass is 10.1. The maximum atomic E-state index is 13.6. The summed E-state index contributed by atoms with van der Waals surface area (Å²) in [5.74, 6) is -2.41. The lowest BCUT2D eigenvalue weighted by molar-refractivity contribution is -0.146. The first-order valence-electron chi connectivity index (χ1n) is 8.92. The molecule has 2 fully saturated rings. The molecule has 150 valence electrons. The van der Waals surface area contributed by atoms with Gasteiger partial charge in [-0.05, 0) is 12.0 Å². The van der Waals surface area contributed by atoms with Crippen LogP contribution in [0.3, 0.4) is 0 Å². The molecule has 1 aromatic carbocycles. The van der Waals surface area contributed by atoms with E-state index in [1.807, 2.05) is 30.3 Å². The van der Waals surface area contributed by atoms with Crippen LogP contribution < -0.4 is 0 Å². The third-order valence-corrected chi connectivity index (χ3v) is 6.25. The highest BCUT2D eigenvalue weighted by atomic mass is 31.2. The Hall–Kier alpha value is -1.90. The van der Waals surface area contributed by atoms with E-state index in [0.717, 1.165) is 16.7 Å². The van der Waals surface area contributed by atoms with Crippen LogP contribution >= 0.6 is 7.82 Å². The third kappa shape index (κ3) is 4.09. The van der Waals surface area contributed by atoms with Gasteiger partial charge in [0, 0.05) is 12.6 Å². The van der Waals surface area contributed by atoms with Gasteiger partial charge in [0.15, 0.2) is 5.83 Å². The van der Waals surface area contributed by atoms with E-state index >= 15 is 0 Å². The third-order valence-electron chi connectivity index (χ3n) is 4.75. The van der Waals surface area contributed by atoms with Gasteiger partial charge in [0.2, 0.25) is 11.7 Å². The highest BCUT2D eigenvalue weighted by molar-refractivity contribution is 7.48. The van der Waals surface area contributed by atoms with E-state index in [0.29, 0.717) is 6.42 Å². The van der Waals surface area contributed by atoms with Crippen LogP contribution in [0.5, 0.6) is 0 Å². The fourth-order valence-electron chi connectivity index (χ4n) is 3.30. The van der Waals surface area contributed by atoms with Crippen LogP contribution in [0, 0.1) is 0 Å². The number of halogens is 1. The Kier molecular flexibility index (Phi) is 5.44. The summed E-state index contributed by atoms with van der Waals surface area (Å²) in [4.78, 5) is 24.3. The van der Waals surface area contributed by atoms with Gasteiger partial charge in [-0.15, -0.1) is 0 Å². The molecule has 0 aromatic heterocycles. The number of benzene rings is 1. The second kappa shape index (κ2) is 7.85. The molecule has 28 heavy (non-hydrogen) atoms. The molecule has 0 aliphatic carbocycles. The summed E-state index contributed by atoms with van der Waals surface area (Å²) >= 11 is 0. The number of Topliss-reactive ketones (excluding diaryl/α,β-unsaturated/α-hetero) is 1. The first-order valence-corrected chi connectivity index (χ1v) is 10.4. The number of amides is 1. The van der Waals surface area contributed by atoms with Gasteiger partial charge in [0.1, 0.15) is 18.4 Å². The Bertz CT molecular complexity index is 846. The summed E-state index contributed by atoms with van der Waals surface area (Å²) < 4.78 is 48.1. The lowest BCUT2D eigenvalue weighted by Crippen LogP contribution is -2.40. The average molecular weight is 411 g/mol. The van der Waals surface area contributed by atoms with Gasteiger partial charge >= 0.3 is 7.82 Å². The molecule has 2 saturated heterocycles. The fraction of sp³-hybridized carbons (Fsp3) is 0.444. The van der Waals surface area contributed by atoms with Gasteiger partial charge in [-0.3, -0.25) is 28.1 Å². The molecule has 3 aliphatic rings. The molecule has 1 amide bonds. The van der Waals surface area contributed by atoms with Crippen molar-refractivity contribution in [3.05, 3.63) is 47.9 Å². The highest BCUT2D eigenvalue weighted by Gasteiger charge is 2.49. The van der Waals surface area contributed by atoms with E-state index < -0.39 is 50.2 Å². The number of ketones is 1. The molecule has 3 aliphatic heterocycles. The molecule has 8 nitrogen and oxygen atoms in total. The number of allylic oxidation sites excluding steroid dienone is 1. The molecule has 1 unspecified atom stereocenters. The highest BCUT2D eigenvalue weighted by Crippen LogP contribution is 2.56. The summed E-state index contributed by atoms with van der Waals surface area (Å²) in [5, 5.41) is 0. The molecular formula is C18H19FNO7P. The lowest BCUT2D eigenvalue weighted by Gasteiger charge is -2.30. The molecule has 4 atom stereocenters. The molecular weight excluding hydrogens is 392 g/mol. The normalized spacial score (nSPS) is 33.0. The molecule has 3 heterocycles. The van der Waals surface area contributed by atoms with E-state index in [1.54, 1.807) is 0 Å². The van der Waals surface area contributed by atoms with Gasteiger partial charge in [0.05, 0.1) is 19.6 Å². The minimum Gasteiger partial charge on any atom is -0.349 e. The topological polar surface area (TPSA) is 91.4 Å². The average Bonchev–Trinajstić information content (AvgIpc) is 3.08. The SMILES string of the molecule is O=C1CC(=O)N([C@H]2C[C@@H]3OP(=O)(OCCc4ccccc4)OC[C@H]3O2)C=C1F. The number of phosphoric ester groups is 1. The zero-order chi connectivity index (χ0) is 19.7. The molecule has 4 rings (SSSR count). The second-order valence-corrected chi connectivity index (χ2v) is 8.32. The van der Waals surface area contributed by atoms with Gasteiger partial charge in [-0.1, -0.05) is 30.3 Å². The number of hydrogen-bond acceptors (Lipinski definition) is 7. The van der Waals surface area contributed by atoms with Crippen molar-refractivity contribution < 1.29 is 36.9 Å². The first kappa shape index (κ1) is 19.4. The zero-order valence-corrected chi connectivity index (χ0v) is 15.8. The molecule has 0 saturated carbocycles. The number of ether oxygens (including phenoxy) is 1. The minimum atomic E-state index is -3.75. The Morgan fingerprint density at radius 1 is 1.21 bits per heavy atom. The quantitative estimate of drug-likeness (QED) is 0.543. The van der Waals surface area contributed by atoms with Gasteiger partial charge in [-0.25, -0.2) is 8.96 Å². The van der Waals surface area contributed by atoms with E-state index in [4.69, 9.17) is 18.3 Å². The number of hydrogen-bond donors (Lipinski definition) is 0. The van der Waals surface area contributed by atoms with Crippen LogP contribution in [0.2, 0.25) is 0 Å². The van der Waals surface area contributed by atoms with E-state index in [-0.39, 0.29) is 19.6 Å². The van der Waals surface area contributed by atoms with Gasteiger partial charge in [-0.2, -0.15) is 0 Å². The first-order chi connectivity index (χ1) is 13.4. The van der Waals surface area contributed by atoms with Gasteiger partial charge < -0.3 is 4.74 Å². The smallest absolute Gasteiger partial charge is 0.349 e. The second-order valence-electron chi connectivity index (χ2n) is 6.70. The fourth-order valence-corrected chi connectivity index (χ4v) is 4.70. The Morgan fingerprint density at radius 2 is 2.00 bits per heavy atom. The number of nitrogens with zero attached hydrogens (tertiary/aromatic N) is 1. The van der Waals surface area contributed by atoms with Crippen molar-refractivity contribution in [1.82, 2.24) is 4.90 Å². The van der Waals surface area contributed by atoms with Gasteiger partial charge in [0.25, 0.3) is 0 Å². The maximum Gasteiger partial charge on any atom is 0.475 e. The molecule has 0 spiro atoms. The van der Waals surface area contributed by atoms with Crippen LogP contribution in [0.4, 0.5) is 4.39 Å². The van der Waals surface area contributed by atoms with Crippen LogP contribution in [0.25, 0.3) is 0 Å². The standard InChI is InChI=1S/C18H19FNO7P/c19-13-10-20(17(22)8-14(13)21)18-9-15-16(26-18)11-25-28(23,27-15)24-7-6-12-4-2-1-3-5-12/h1-5,10,15-16,18H,6-9,11H2/t15-,16+,18+,28?/m0/s1. The molecule has 0 bridgehead atoms. The Morgan fingerprint density at radius 3 is 2.79 bits per heavy atom. The minimum absolute atomic E-state index is 0.0308. The van der Waals surface area contributed by atoms with Crippen molar-refractivity contribution >= 4 is 19.5 Å². The van der Waals surface area contributed by atoms with Crippen LogP contribution in [-0.2, 0) is 38.9 Å².